The first-order chi connectivity index (χ1) is 5.57. The average molecular weight is 225 g/mol. The zero-order chi connectivity index (χ0) is 9.56. The Hall–Kier alpha value is 0.680. The number of hydrogen-bond acceptors (Lipinski definition) is 5. The maximum Gasteiger partial charge on any atom is 0.185 e. The molecule has 2 nitrogen and oxygen atoms in total. The molecule has 0 aromatic rings. The topological polar surface area (TPSA) is 20.3 Å². The Morgan fingerprint density at radius 3 is 2.42 bits per heavy atom. The van der Waals surface area contributed by atoms with Gasteiger partial charge in [0.05, 0.1) is 5.37 Å². The quantitative estimate of drug-likeness (QED) is 0.526. The summed E-state index contributed by atoms with van der Waals surface area (Å²) < 4.78 is 0. The van der Waals surface area contributed by atoms with E-state index in [4.69, 9.17) is 0 Å². The lowest BCUT2D eigenvalue weighted by atomic mass is 10.7. The number of carbonyl (C=O) groups is 1. The Morgan fingerprint density at radius 2 is 2.08 bits per heavy atom. The molecule has 0 saturated heterocycles. The van der Waals surface area contributed by atoms with Crippen LogP contribution in [-0.2, 0) is 4.79 Å². The summed E-state index contributed by atoms with van der Waals surface area (Å²) in [4.78, 5) is 12.8. The Kier molecular flexibility index (Phi) is 7.52. The molecule has 0 spiro atoms. The molecule has 0 rings (SSSR count). The summed E-state index contributed by atoms with van der Waals surface area (Å²) in [5.41, 5.74) is 0. The fraction of sp³-hybridized carbons (Fsp3) is 0.857. The minimum absolute atomic E-state index is 0.198. The van der Waals surface area contributed by atoms with E-state index >= 15 is 0 Å². The molecule has 0 bridgehead atoms. The lowest BCUT2D eigenvalue weighted by Gasteiger charge is -2.21. The highest BCUT2D eigenvalue weighted by molar-refractivity contribution is 8.76. The van der Waals surface area contributed by atoms with Gasteiger partial charge in [0.1, 0.15) is 0 Å². The van der Waals surface area contributed by atoms with Crippen LogP contribution in [0.4, 0.5) is 0 Å². The average Bonchev–Trinajstić information content (AvgIpc) is 1.96. The Labute approximate surface area is 86.6 Å². The van der Waals surface area contributed by atoms with Gasteiger partial charge in [-0.2, -0.15) is 0 Å². The summed E-state index contributed by atoms with van der Waals surface area (Å²) in [6.07, 6.45) is 2.06. The molecule has 0 aromatic carbocycles. The minimum atomic E-state index is 0.198. The largest absolute Gasteiger partial charge is 0.296 e. The van der Waals surface area contributed by atoms with Gasteiger partial charge in [-0.1, -0.05) is 33.3 Å². The third-order valence-electron chi connectivity index (χ3n) is 1.21. The van der Waals surface area contributed by atoms with Gasteiger partial charge in [0, 0.05) is 12.7 Å². The van der Waals surface area contributed by atoms with Crippen LogP contribution in [0.25, 0.3) is 0 Å². The molecule has 0 aliphatic carbocycles. The highest BCUT2D eigenvalue weighted by Gasteiger charge is 2.12. The fourth-order valence-corrected chi connectivity index (χ4v) is 3.74. The van der Waals surface area contributed by atoms with Gasteiger partial charge in [-0.25, -0.2) is 0 Å². The highest BCUT2D eigenvalue weighted by Crippen LogP contribution is 2.27. The van der Waals surface area contributed by atoms with Crippen molar-refractivity contribution in [3.8, 4) is 0 Å². The van der Waals surface area contributed by atoms with E-state index in [-0.39, 0.29) is 5.12 Å². The van der Waals surface area contributed by atoms with Crippen LogP contribution >= 0.6 is 33.3 Å². The lowest BCUT2D eigenvalue weighted by molar-refractivity contribution is -0.109. The molecule has 0 radical (unpaired) electrons. The van der Waals surface area contributed by atoms with Crippen LogP contribution in [-0.4, -0.2) is 41.5 Å². The van der Waals surface area contributed by atoms with Crippen molar-refractivity contribution >= 4 is 38.5 Å². The molecule has 0 fully saturated rings. The van der Waals surface area contributed by atoms with E-state index in [1.165, 1.54) is 11.8 Å². The molecule has 0 aromatic heterocycles. The zero-order valence-electron chi connectivity index (χ0n) is 7.86. The van der Waals surface area contributed by atoms with Crippen molar-refractivity contribution in [2.45, 2.75) is 12.3 Å². The number of nitrogens with zero attached hydrogens (tertiary/aromatic N) is 1. The first kappa shape index (κ1) is 12.7. The molecule has 72 valence electrons. The van der Waals surface area contributed by atoms with E-state index in [0.717, 1.165) is 5.75 Å². The molecule has 0 heterocycles. The van der Waals surface area contributed by atoms with E-state index in [1.54, 1.807) is 28.5 Å². The van der Waals surface area contributed by atoms with E-state index in [2.05, 4.69) is 11.2 Å². The van der Waals surface area contributed by atoms with Gasteiger partial charge in [0.2, 0.25) is 0 Å². The van der Waals surface area contributed by atoms with Gasteiger partial charge in [-0.3, -0.25) is 9.69 Å². The molecule has 0 saturated carbocycles. The first-order valence-electron chi connectivity index (χ1n) is 3.57. The van der Waals surface area contributed by atoms with E-state index < -0.39 is 0 Å². The van der Waals surface area contributed by atoms with Gasteiger partial charge in [0.15, 0.2) is 5.12 Å². The van der Waals surface area contributed by atoms with Gasteiger partial charge in [-0.05, 0) is 20.4 Å². The molecule has 0 aliphatic rings. The maximum atomic E-state index is 10.7. The smallest absolute Gasteiger partial charge is 0.185 e. The fourth-order valence-electron chi connectivity index (χ4n) is 0.563. The summed E-state index contributed by atoms with van der Waals surface area (Å²) >= 11 is 1.39. The summed E-state index contributed by atoms with van der Waals surface area (Å²) in [7, 11) is 7.61. The van der Waals surface area contributed by atoms with Crippen molar-refractivity contribution in [3.05, 3.63) is 0 Å². The third kappa shape index (κ3) is 6.22. The Bertz CT molecular complexity index is 141. The van der Waals surface area contributed by atoms with E-state index in [1.807, 2.05) is 14.1 Å². The van der Waals surface area contributed by atoms with Crippen molar-refractivity contribution in [1.29, 1.82) is 0 Å². The first-order valence-corrected chi connectivity index (χ1v) is 7.18. The molecular formula is C7H15NOS3. The second-order valence-corrected chi connectivity index (χ2v) is 6.33. The summed E-state index contributed by atoms with van der Waals surface area (Å²) in [5, 5.41) is 0.623. The van der Waals surface area contributed by atoms with Gasteiger partial charge in [-0.15, -0.1) is 0 Å². The van der Waals surface area contributed by atoms with Crippen LogP contribution in [0, 0.1) is 0 Å². The van der Waals surface area contributed by atoms with Crippen LogP contribution in [0.15, 0.2) is 0 Å². The van der Waals surface area contributed by atoms with E-state index in [0.29, 0.717) is 5.37 Å². The van der Waals surface area contributed by atoms with Gasteiger partial charge >= 0.3 is 0 Å². The molecule has 0 aliphatic heterocycles. The summed E-state index contributed by atoms with van der Waals surface area (Å²) in [6.45, 7) is 1.61. The maximum absolute atomic E-state index is 10.7. The Balaban J connectivity index is 3.70. The van der Waals surface area contributed by atoms with Gasteiger partial charge < -0.3 is 0 Å². The molecular weight excluding hydrogens is 210 g/mol. The van der Waals surface area contributed by atoms with Crippen LogP contribution in [0.1, 0.15) is 6.92 Å². The van der Waals surface area contributed by atoms with Crippen molar-refractivity contribution < 1.29 is 4.79 Å². The third-order valence-corrected chi connectivity index (χ3v) is 4.56. The van der Waals surface area contributed by atoms with E-state index in [9.17, 15) is 4.79 Å². The van der Waals surface area contributed by atoms with Crippen molar-refractivity contribution in [2.24, 2.45) is 0 Å². The molecule has 5 heteroatoms. The van der Waals surface area contributed by atoms with Crippen LogP contribution in [0.5, 0.6) is 0 Å². The second kappa shape index (κ2) is 7.12. The molecule has 0 N–H and O–H groups in total. The molecule has 12 heavy (non-hydrogen) atoms. The van der Waals surface area contributed by atoms with Crippen molar-refractivity contribution in [3.63, 3.8) is 0 Å². The van der Waals surface area contributed by atoms with Crippen LogP contribution in [0.2, 0.25) is 0 Å². The van der Waals surface area contributed by atoms with Crippen LogP contribution < -0.4 is 0 Å². The predicted molar refractivity (Wildman–Crippen MR) is 61.7 cm³/mol. The standard InChI is InChI=1S/C7H15NOS3/c1-6(9)11-5-7(8(2)3)12-10-4/h7H,5H2,1-4H3/t7-/m0/s1. The normalized spacial score (nSPS) is 13.4. The molecule has 0 unspecified atom stereocenters. The lowest BCUT2D eigenvalue weighted by Crippen LogP contribution is -2.26. The SMILES string of the molecule is CSS[C@@H](CSC(C)=O)N(C)C. The monoisotopic (exact) mass is 225 g/mol. The summed E-state index contributed by atoms with van der Waals surface area (Å²) in [5.74, 6) is 0.869. The predicted octanol–water partition coefficient (Wildman–Crippen LogP) is 2.17. The minimum Gasteiger partial charge on any atom is -0.296 e. The number of hydrogen-bond donors (Lipinski definition) is 0. The zero-order valence-corrected chi connectivity index (χ0v) is 10.3. The number of thioether (sulfide) groups is 1. The highest BCUT2D eigenvalue weighted by atomic mass is 33.1. The molecule has 1 atom stereocenters. The Morgan fingerprint density at radius 1 is 1.50 bits per heavy atom. The molecule has 0 amide bonds. The second-order valence-electron chi connectivity index (χ2n) is 2.48. The van der Waals surface area contributed by atoms with Crippen LogP contribution in [0.3, 0.4) is 0 Å². The number of carbonyl (C=O) groups excluding carboxylic acids is 1. The summed E-state index contributed by atoms with van der Waals surface area (Å²) in [6, 6.07) is 0. The number of rotatable bonds is 5. The van der Waals surface area contributed by atoms with Crippen molar-refractivity contribution in [1.82, 2.24) is 4.90 Å². The van der Waals surface area contributed by atoms with Crippen molar-refractivity contribution in [2.75, 3.05) is 26.1 Å². The van der Waals surface area contributed by atoms with Gasteiger partial charge in [0.25, 0.3) is 0 Å².